The number of fused-ring (bicyclic) bond motifs is 2. The van der Waals surface area contributed by atoms with Gasteiger partial charge in [0.1, 0.15) is 5.75 Å². The summed E-state index contributed by atoms with van der Waals surface area (Å²) in [5.74, 6) is 0.0268. The van der Waals surface area contributed by atoms with Gasteiger partial charge in [-0.25, -0.2) is 4.79 Å². The van der Waals surface area contributed by atoms with Crippen LogP contribution in [0.15, 0.2) is 48.5 Å². The smallest absolute Gasteiger partial charge is 0.416 e. The summed E-state index contributed by atoms with van der Waals surface area (Å²) in [6, 6.07) is 10.9. The Balaban J connectivity index is 1.66. The molecule has 2 aliphatic rings. The first-order valence-corrected chi connectivity index (χ1v) is 8.34. The zero-order valence-corrected chi connectivity index (χ0v) is 14.0. The van der Waals surface area contributed by atoms with Crippen LogP contribution in [0.4, 0.5) is 18.0 Å². The van der Waals surface area contributed by atoms with Crippen LogP contribution >= 0.6 is 0 Å². The Morgan fingerprint density at radius 2 is 1.89 bits per heavy atom. The fourth-order valence-corrected chi connectivity index (χ4v) is 3.54. The molecule has 0 aliphatic carbocycles. The van der Waals surface area contributed by atoms with E-state index in [0.29, 0.717) is 11.3 Å². The summed E-state index contributed by atoms with van der Waals surface area (Å²) < 4.78 is 44.3. The SMILES string of the molecule is O=C1N[C@]2(CCOc3ccccc32)C(=O)N1Cc1cccc(C(F)(F)F)c1. The second-order valence-corrected chi connectivity index (χ2v) is 6.52. The third-order valence-electron chi connectivity index (χ3n) is 4.85. The Bertz CT molecular complexity index is 928. The van der Waals surface area contributed by atoms with E-state index in [1.165, 1.54) is 12.1 Å². The van der Waals surface area contributed by atoms with Crippen LogP contribution in [0.25, 0.3) is 0 Å². The lowest BCUT2D eigenvalue weighted by Crippen LogP contribution is -2.47. The molecule has 4 rings (SSSR count). The van der Waals surface area contributed by atoms with Gasteiger partial charge in [0, 0.05) is 12.0 Å². The number of rotatable bonds is 2. The van der Waals surface area contributed by atoms with Crippen molar-refractivity contribution < 1.29 is 27.5 Å². The fraction of sp³-hybridized carbons (Fsp3) is 0.263. The maximum Gasteiger partial charge on any atom is 0.416 e. The third-order valence-corrected chi connectivity index (χ3v) is 4.85. The number of carbonyl (C=O) groups is 2. The highest BCUT2D eigenvalue weighted by Crippen LogP contribution is 2.41. The van der Waals surface area contributed by atoms with Crippen molar-refractivity contribution in [3.8, 4) is 5.75 Å². The molecule has 3 amide bonds. The lowest BCUT2D eigenvalue weighted by atomic mass is 9.84. The van der Waals surface area contributed by atoms with Gasteiger partial charge in [-0.1, -0.05) is 30.3 Å². The first-order chi connectivity index (χ1) is 12.8. The largest absolute Gasteiger partial charge is 0.493 e. The average Bonchev–Trinajstić information content (AvgIpc) is 2.87. The Morgan fingerprint density at radius 1 is 1.11 bits per heavy atom. The van der Waals surface area contributed by atoms with E-state index in [4.69, 9.17) is 4.74 Å². The zero-order valence-electron chi connectivity index (χ0n) is 14.0. The molecule has 140 valence electrons. The number of amides is 3. The molecule has 1 fully saturated rings. The van der Waals surface area contributed by atoms with Gasteiger partial charge >= 0.3 is 12.2 Å². The first-order valence-electron chi connectivity index (χ1n) is 8.34. The second kappa shape index (κ2) is 6.00. The van der Waals surface area contributed by atoms with Crippen molar-refractivity contribution in [3.63, 3.8) is 0 Å². The molecule has 2 aromatic carbocycles. The molecule has 1 atom stereocenters. The van der Waals surface area contributed by atoms with Crippen LogP contribution < -0.4 is 10.1 Å². The summed E-state index contributed by atoms with van der Waals surface area (Å²) in [5.41, 5.74) is -1.28. The van der Waals surface area contributed by atoms with Crippen molar-refractivity contribution in [3.05, 3.63) is 65.2 Å². The summed E-state index contributed by atoms with van der Waals surface area (Å²) in [4.78, 5) is 26.5. The van der Waals surface area contributed by atoms with E-state index in [-0.39, 0.29) is 25.1 Å². The number of hydrogen-bond acceptors (Lipinski definition) is 3. The molecule has 1 N–H and O–H groups in total. The number of nitrogens with one attached hydrogen (secondary N) is 1. The number of para-hydroxylation sites is 1. The van der Waals surface area contributed by atoms with Crippen LogP contribution in [0.5, 0.6) is 5.75 Å². The van der Waals surface area contributed by atoms with Crippen LogP contribution in [0.2, 0.25) is 0 Å². The van der Waals surface area contributed by atoms with Crippen molar-refractivity contribution in [2.75, 3.05) is 6.61 Å². The monoisotopic (exact) mass is 376 g/mol. The Morgan fingerprint density at radius 3 is 2.67 bits per heavy atom. The van der Waals surface area contributed by atoms with Gasteiger partial charge < -0.3 is 10.1 Å². The molecule has 27 heavy (non-hydrogen) atoms. The van der Waals surface area contributed by atoms with Crippen LogP contribution in [-0.2, 0) is 23.1 Å². The minimum atomic E-state index is -4.49. The van der Waals surface area contributed by atoms with Gasteiger partial charge in [-0.05, 0) is 23.8 Å². The van der Waals surface area contributed by atoms with E-state index in [2.05, 4.69) is 5.32 Å². The molecule has 8 heteroatoms. The van der Waals surface area contributed by atoms with E-state index in [0.717, 1.165) is 17.0 Å². The topological polar surface area (TPSA) is 58.6 Å². The van der Waals surface area contributed by atoms with Gasteiger partial charge in [0.05, 0.1) is 18.7 Å². The summed E-state index contributed by atoms with van der Waals surface area (Å²) >= 11 is 0. The average molecular weight is 376 g/mol. The van der Waals surface area contributed by atoms with Crippen molar-refractivity contribution in [2.24, 2.45) is 0 Å². The van der Waals surface area contributed by atoms with Crippen LogP contribution in [0.3, 0.4) is 0 Å². The minimum Gasteiger partial charge on any atom is -0.493 e. The van der Waals surface area contributed by atoms with Gasteiger partial charge in [0.2, 0.25) is 0 Å². The normalized spacial score (nSPS) is 21.8. The standard InChI is InChI=1S/C19H15F3N2O3/c20-19(21,22)13-5-3-4-12(10-13)11-24-16(25)18(23-17(24)26)8-9-27-15-7-2-1-6-14(15)18/h1-7,10H,8-9,11H2,(H,23,26)/t18-/m0/s1. The van der Waals surface area contributed by atoms with Gasteiger partial charge in [0.15, 0.2) is 5.54 Å². The maximum atomic E-state index is 13.1. The molecule has 0 bridgehead atoms. The van der Waals surface area contributed by atoms with E-state index in [1.807, 2.05) is 0 Å². The maximum absolute atomic E-state index is 13.1. The van der Waals surface area contributed by atoms with Crippen LogP contribution in [0.1, 0.15) is 23.1 Å². The predicted octanol–water partition coefficient (Wildman–Crippen LogP) is 3.44. The molecule has 2 heterocycles. The van der Waals surface area contributed by atoms with Gasteiger partial charge in [-0.3, -0.25) is 9.69 Å². The summed E-state index contributed by atoms with van der Waals surface area (Å²) in [7, 11) is 0. The predicted molar refractivity (Wildman–Crippen MR) is 88.8 cm³/mol. The summed E-state index contributed by atoms with van der Waals surface area (Å²) in [6.07, 6.45) is -4.23. The number of nitrogens with zero attached hydrogens (tertiary/aromatic N) is 1. The number of halogens is 3. The molecular formula is C19H15F3N2O3. The molecule has 0 radical (unpaired) electrons. The first kappa shape index (κ1) is 17.4. The quantitative estimate of drug-likeness (QED) is 0.817. The number of alkyl halides is 3. The molecule has 1 saturated heterocycles. The molecule has 0 unspecified atom stereocenters. The van der Waals surface area contributed by atoms with Crippen molar-refractivity contribution >= 4 is 11.9 Å². The highest BCUT2D eigenvalue weighted by Gasteiger charge is 2.54. The molecular weight excluding hydrogens is 361 g/mol. The molecule has 2 aromatic rings. The molecule has 5 nitrogen and oxygen atoms in total. The van der Waals surface area contributed by atoms with E-state index in [9.17, 15) is 22.8 Å². The van der Waals surface area contributed by atoms with Crippen molar-refractivity contribution in [1.29, 1.82) is 0 Å². The summed E-state index contributed by atoms with van der Waals surface area (Å²) in [6.45, 7) is 0.0137. The fourth-order valence-electron chi connectivity index (χ4n) is 3.54. The third kappa shape index (κ3) is 2.81. The highest BCUT2D eigenvalue weighted by molar-refractivity contribution is 6.07. The summed E-state index contributed by atoms with van der Waals surface area (Å²) in [5, 5.41) is 2.73. The zero-order chi connectivity index (χ0) is 19.2. The van der Waals surface area contributed by atoms with Crippen molar-refractivity contribution in [1.82, 2.24) is 10.2 Å². The lowest BCUT2D eigenvalue weighted by Gasteiger charge is -2.33. The molecule has 0 saturated carbocycles. The minimum absolute atomic E-state index is 0.228. The van der Waals surface area contributed by atoms with E-state index < -0.39 is 29.2 Å². The van der Waals surface area contributed by atoms with Gasteiger partial charge in [-0.2, -0.15) is 13.2 Å². The number of benzene rings is 2. The Labute approximate surface area is 152 Å². The Hall–Kier alpha value is -3.03. The second-order valence-electron chi connectivity index (χ2n) is 6.52. The van der Waals surface area contributed by atoms with E-state index >= 15 is 0 Å². The highest BCUT2D eigenvalue weighted by atomic mass is 19.4. The van der Waals surface area contributed by atoms with Gasteiger partial charge in [-0.15, -0.1) is 0 Å². The van der Waals surface area contributed by atoms with Crippen LogP contribution in [-0.4, -0.2) is 23.4 Å². The number of urea groups is 1. The van der Waals surface area contributed by atoms with E-state index in [1.54, 1.807) is 24.3 Å². The number of carbonyl (C=O) groups excluding carboxylic acids is 2. The molecule has 0 aromatic heterocycles. The molecule has 2 aliphatic heterocycles. The number of imide groups is 1. The van der Waals surface area contributed by atoms with Crippen LogP contribution in [0, 0.1) is 0 Å². The van der Waals surface area contributed by atoms with Crippen molar-refractivity contribution in [2.45, 2.75) is 24.7 Å². The molecule has 1 spiro atoms. The lowest BCUT2D eigenvalue weighted by molar-refractivity contribution is -0.137. The number of hydrogen-bond donors (Lipinski definition) is 1. The Kier molecular flexibility index (Phi) is 3.87. The number of ether oxygens (including phenoxy) is 1. The van der Waals surface area contributed by atoms with Gasteiger partial charge in [0.25, 0.3) is 5.91 Å².